The predicted octanol–water partition coefficient (Wildman–Crippen LogP) is 3.50. The largest absolute Gasteiger partial charge is 0.479 e. The third kappa shape index (κ3) is 3.11. The SMILES string of the molecule is CCC1(C(=O)Nc2ccc(OCC#N)cc2)CCCC1. The van der Waals surface area contributed by atoms with Gasteiger partial charge in [-0.3, -0.25) is 4.79 Å². The van der Waals surface area contributed by atoms with Crippen molar-refractivity contribution < 1.29 is 9.53 Å². The van der Waals surface area contributed by atoms with Crippen LogP contribution >= 0.6 is 0 Å². The molecule has 0 atom stereocenters. The van der Waals surface area contributed by atoms with E-state index in [1.54, 1.807) is 12.1 Å². The molecule has 1 fully saturated rings. The lowest BCUT2D eigenvalue weighted by molar-refractivity contribution is -0.125. The van der Waals surface area contributed by atoms with Crippen molar-refractivity contribution in [1.29, 1.82) is 5.26 Å². The zero-order valence-corrected chi connectivity index (χ0v) is 11.8. The first-order chi connectivity index (χ1) is 9.70. The molecule has 106 valence electrons. The summed E-state index contributed by atoms with van der Waals surface area (Å²) in [5.41, 5.74) is 0.592. The highest BCUT2D eigenvalue weighted by atomic mass is 16.5. The summed E-state index contributed by atoms with van der Waals surface area (Å²) in [4.78, 5) is 12.4. The summed E-state index contributed by atoms with van der Waals surface area (Å²) in [6.07, 6.45) is 5.14. The molecule has 1 N–H and O–H groups in total. The van der Waals surface area contributed by atoms with E-state index in [1.807, 2.05) is 18.2 Å². The van der Waals surface area contributed by atoms with Gasteiger partial charge in [0.25, 0.3) is 0 Å². The molecular weight excluding hydrogens is 252 g/mol. The molecule has 0 bridgehead atoms. The Morgan fingerprint density at radius 2 is 2.00 bits per heavy atom. The van der Waals surface area contributed by atoms with Crippen LogP contribution in [0.25, 0.3) is 0 Å². The number of carbonyl (C=O) groups is 1. The summed E-state index contributed by atoms with van der Waals surface area (Å²) in [6.45, 7) is 2.12. The fourth-order valence-corrected chi connectivity index (χ4v) is 2.81. The molecule has 4 heteroatoms. The maximum Gasteiger partial charge on any atom is 0.230 e. The van der Waals surface area contributed by atoms with E-state index in [0.717, 1.165) is 37.8 Å². The van der Waals surface area contributed by atoms with Crippen LogP contribution in [-0.4, -0.2) is 12.5 Å². The smallest absolute Gasteiger partial charge is 0.230 e. The number of nitriles is 1. The van der Waals surface area contributed by atoms with E-state index in [0.29, 0.717) is 5.75 Å². The zero-order valence-electron chi connectivity index (χ0n) is 11.8. The maximum absolute atomic E-state index is 12.4. The molecule has 4 nitrogen and oxygen atoms in total. The van der Waals surface area contributed by atoms with Gasteiger partial charge < -0.3 is 10.1 Å². The Morgan fingerprint density at radius 1 is 1.35 bits per heavy atom. The van der Waals surface area contributed by atoms with Crippen LogP contribution in [0.5, 0.6) is 5.75 Å². The van der Waals surface area contributed by atoms with E-state index < -0.39 is 0 Å². The van der Waals surface area contributed by atoms with Crippen molar-refractivity contribution >= 4 is 11.6 Å². The lowest BCUT2D eigenvalue weighted by Crippen LogP contribution is -2.33. The number of anilines is 1. The molecule has 1 amide bonds. The molecule has 20 heavy (non-hydrogen) atoms. The number of benzene rings is 1. The van der Waals surface area contributed by atoms with E-state index >= 15 is 0 Å². The molecule has 0 unspecified atom stereocenters. The molecule has 0 spiro atoms. The number of hydrogen-bond donors (Lipinski definition) is 1. The number of ether oxygens (including phenoxy) is 1. The fraction of sp³-hybridized carbons (Fsp3) is 0.500. The first-order valence-electron chi connectivity index (χ1n) is 7.11. The van der Waals surface area contributed by atoms with Gasteiger partial charge in [-0.2, -0.15) is 5.26 Å². The van der Waals surface area contributed by atoms with E-state index in [1.165, 1.54) is 0 Å². The summed E-state index contributed by atoms with van der Waals surface area (Å²) in [5.74, 6) is 0.763. The Kier molecular flexibility index (Phi) is 4.62. The Balaban J connectivity index is 1.99. The van der Waals surface area contributed by atoms with Crippen molar-refractivity contribution in [1.82, 2.24) is 0 Å². The highest BCUT2D eigenvalue weighted by Gasteiger charge is 2.39. The van der Waals surface area contributed by atoms with Gasteiger partial charge in [-0.25, -0.2) is 0 Å². The average Bonchev–Trinajstić information content (AvgIpc) is 2.97. The van der Waals surface area contributed by atoms with Crippen molar-refractivity contribution in [3.05, 3.63) is 24.3 Å². The Morgan fingerprint density at radius 3 is 2.55 bits per heavy atom. The van der Waals surface area contributed by atoms with Crippen molar-refractivity contribution in [2.24, 2.45) is 5.41 Å². The Hall–Kier alpha value is -2.02. The van der Waals surface area contributed by atoms with Crippen LogP contribution in [0, 0.1) is 16.7 Å². The monoisotopic (exact) mass is 272 g/mol. The molecule has 1 aromatic rings. The van der Waals surface area contributed by atoms with Crippen molar-refractivity contribution in [3.63, 3.8) is 0 Å². The van der Waals surface area contributed by atoms with E-state index in [4.69, 9.17) is 10.00 Å². The molecule has 1 aliphatic carbocycles. The third-order valence-electron chi connectivity index (χ3n) is 4.13. The van der Waals surface area contributed by atoms with Gasteiger partial charge in [0.1, 0.15) is 11.8 Å². The summed E-state index contributed by atoms with van der Waals surface area (Å²) in [7, 11) is 0. The number of nitrogens with one attached hydrogen (secondary N) is 1. The normalized spacial score (nSPS) is 16.4. The number of nitrogens with zero attached hydrogens (tertiary/aromatic N) is 1. The van der Waals surface area contributed by atoms with Gasteiger partial charge in [0.15, 0.2) is 6.61 Å². The van der Waals surface area contributed by atoms with Crippen LogP contribution < -0.4 is 10.1 Å². The van der Waals surface area contributed by atoms with Gasteiger partial charge in [0.2, 0.25) is 5.91 Å². The molecule has 0 radical (unpaired) electrons. The van der Waals surface area contributed by atoms with Gasteiger partial charge in [0, 0.05) is 11.1 Å². The van der Waals surface area contributed by atoms with Gasteiger partial charge in [0.05, 0.1) is 0 Å². The van der Waals surface area contributed by atoms with Crippen LogP contribution in [-0.2, 0) is 4.79 Å². The quantitative estimate of drug-likeness (QED) is 0.892. The first kappa shape index (κ1) is 14.4. The maximum atomic E-state index is 12.4. The van der Waals surface area contributed by atoms with Crippen molar-refractivity contribution in [3.8, 4) is 11.8 Å². The summed E-state index contributed by atoms with van der Waals surface area (Å²) >= 11 is 0. The second kappa shape index (κ2) is 6.42. The molecule has 0 heterocycles. The summed E-state index contributed by atoms with van der Waals surface area (Å²) < 4.78 is 5.18. The second-order valence-electron chi connectivity index (χ2n) is 5.27. The first-order valence-corrected chi connectivity index (χ1v) is 7.11. The molecule has 1 aromatic carbocycles. The lowest BCUT2D eigenvalue weighted by atomic mass is 9.82. The van der Waals surface area contributed by atoms with Gasteiger partial charge >= 0.3 is 0 Å². The fourth-order valence-electron chi connectivity index (χ4n) is 2.81. The second-order valence-corrected chi connectivity index (χ2v) is 5.27. The van der Waals surface area contributed by atoms with Crippen molar-refractivity contribution in [2.75, 3.05) is 11.9 Å². The number of rotatable bonds is 5. The van der Waals surface area contributed by atoms with Crippen LogP contribution in [0.15, 0.2) is 24.3 Å². The topological polar surface area (TPSA) is 62.1 Å². The van der Waals surface area contributed by atoms with Crippen molar-refractivity contribution in [2.45, 2.75) is 39.0 Å². The van der Waals surface area contributed by atoms with Gasteiger partial charge in [-0.1, -0.05) is 19.8 Å². The van der Waals surface area contributed by atoms with Crippen LogP contribution in [0.1, 0.15) is 39.0 Å². The highest BCUT2D eigenvalue weighted by Crippen LogP contribution is 2.41. The standard InChI is InChI=1S/C16H20N2O2/c1-2-16(9-3-4-10-16)15(19)18-13-5-7-14(8-6-13)20-12-11-17/h5-8H,2-4,9-10,12H2,1H3,(H,18,19). The number of hydrogen-bond acceptors (Lipinski definition) is 3. The number of carbonyl (C=O) groups excluding carboxylic acids is 1. The van der Waals surface area contributed by atoms with Gasteiger partial charge in [-0.15, -0.1) is 0 Å². The molecule has 0 saturated heterocycles. The summed E-state index contributed by atoms with van der Waals surface area (Å²) in [6, 6.07) is 9.07. The number of amides is 1. The molecule has 0 aromatic heterocycles. The minimum Gasteiger partial charge on any atom is -0.479 e. The Labute approximate surface area is 119 Å². The van der Waals surface area contributed by atoms with Crippen LogP contribution in [0.4, 0.5) is 5.69 Å². The summed E-state index contributed by atoms with van der Waals surface area (Å²) in [5, 5.41) is 11.4. The Bertz CT molecular complexity index is 496. The third-order valence-corrected chi connectivity index (χ3v) is 4.13. The van der Waals surface area contributed by atoms with Crippen LogP contribution in [0.3, 0.4) is 0 Å². The lowest BCUT2D eigenvalue weighted by Gasteiger charge is -2.26. The molecular formula is C16H20N2O2. The average molecular weight is 272 g/mol. The minimum absolute atomic E-state index is 0.0324. The van der Waals surface area contributed by atoms with Gasteiger partial charge in [-0.05, 0) is 43.5 Å². The van der Waals surface area contributed by atoms with E-state index in [2.05, 4.69) is 12.2 Å². The molecule has 2 rings (SSSR count). The zero-order chi connectivity index (χ0) is 14.4. The minimum atomic E-state index is -0.185. The molecule has 0 aliphatic heterocycles. The predicted molar refractivity (Wildman–Crippen MR) is 77.4 cm³/mol. The molecule has 1 saturated carbocycles. The highest BCUT2D eigenvalue weighted by molar-refractivity contribution is 5.95. The van der Waals surface area contributed by atoms with E-state index in [9.17, 15) is 4.79 Å². The molecule has 1 aliphatic rings. The van der Waals surface area contributed by atoms with E-state index in [-0.39, 0.29) is 17.9 Å². The van der Waals surface area contributed by atoms with Crippen LogP contribution in [0.2, 0.25) is 0 Å².